The Morgan fingerprint density at radius 2 is 2.15 bits per heavy atom. The number of thiocarbonyl (C=S) groups is 1. The molecule has 0 unspecified atom stereocenters. The van der Waals surface area contributed by atoms with Crippen LogP contribution in [0.1, 0.15) is 11.4 Å². The molecule has 0 radical (unpaired) electrons. The first-order chi connectivity index (χ1) is 9.65. The average Bonchev–Trinajstić information content (AvgIpc) is 3.02. The van der Waals surface area contributed by atoms with Crippen LogP contribution < -0.4 is 5.73 Å². The standard InChI is InChI=1S/C15H16N4S/c1-18-9-6-17-14(18)5-8-19-7-4-11-10-12(15(16)20)2-3-13(11)19/h2-4,6-7,9-10H,5,8H2,1H3,(H2,16,20). The van der Waals surface area contributed by atoms with Gasteiger partial charge in [-0.25, -0.2) is 4.98 Å². The highest BCUT2D eigenvalue weighted by Gasteiger charge is 2.05. The molecule has 102 valence electrons. The number of hydrogen-bond donors (Lipinski definition) is 1. The summed E-state index contributed by atoms with van der Waals surface area (Å²) in [6.45, 7) is 0.904. The van der Waals surface area contributed by atoms with E-state index in [1.165, 1.54) is 5.52 Å². The average molecular weight is 284 g/mol. The number of fused-ring (bicyclic) bond motifs is 1. The number of benzene rings is 1. The summed E-state index contributed by atoms with van der Waals surface area (Å²) in [5.41, 5.74) is 7.77. The van der Waals surface area contributed by atoms with Crippen molar-refractivity contribution in [2.24, 2.45) is 12.8 Å². The molecule has 2 N–H and O–H groups in total. The van der Waals surface area contributed by atoms with E-state index in [-0.39, 0.29) is 0 Å². The number of nitrogens with two attached hydrogens (primary N) is 1. The Labute approximate surface area is 122 Å². The van der Waals surface area contributed by atoms with Crippen LogP contribution in [0, 0.1) is 0 Å². The van der Waals surface area contributed by atoms with Crippen molar-refractivity contribution in [2.45, 2.75) is 13.0 Å². The summed E-state index contributed by atoms with van der Waals surface area (Å²) in [4.78, 5) is 4.79. The topological polar surface area (TPSA) is 48.8 Å². The van der Waals surface area contributed by atoms with Crippen LogP contribution in [0.2, 0.25) is 0 Å². The van der Waals surface area contributed by atoms with E-state index in [9.17, 15) is 0 Å². The molecular weight excluding hydrogens is 268 g/mol. The lowest BCUT2D eigenvalue weighted by molar-refractivity contribution is 0.668. The Morgan fingerprint density at radius 3 is 2.85 bits per heavy atom. The van der Waals surface area contributed by atoms with Gasteiger partial charge in [-0.15, -0.1) is 0 Å². The maximum Gasteiger partial charge on any atom is 0.110 e. The minimum Gasteiger partial charge on any atom is -0.389 e. The van der Waals surface area contributed by atoms with E-state index in [2.05, 4.69) is 32.4 Å². The summed E-state index contributed by atoms with van der Waals surface area (Å²) < 4.78 is 4.28. The van der Waals surface area contributed by atoms with Gasteiger partial charge in [0, 0.05) is 55.1 Å². The number of aromatic nitrogens is 3. The molecule has 0 aliphatic carbocycles. The van der Waals surface area contributed by atoms with E-state index < -0.39 is 0 Å². The Balaban J connectivity index is 1.85. The number of rotatable bonds is 4. The first-order valence-electron chi connectivity index (χ1n) is 6.50. The molecule has 2 aromatic heterocycles. The van der Waals surface area contributed by atoms with Crippen LogP contribution in [-0.2, 0) is 20.0 Å². The first kappa shape index (κ1) is 12.9. The molecule has 0 fully saturated rings. The summed E-state index contributed by atoms with van der Waals surface area (Å²) in [5.74, 6) is 1.09. The molecule has 0 aliphatic rings. The molecule has 3 rings (SSSR count). The molecule has 2 heterocycles. The predicted octanol–water partition coefficient (Wildman–Crippen LogP) is 2.25. The lowest BCUT2D eigenvalue weighted by Crippen LogP contribution is -2.09. The van der Waals surface area contributed by atoms with Gasteiger partial charge in [-0.3, -0.25) is 0 Å². The van der Waals surface area contributed by atoms with Gasteiger partial charge in [0.25, 0.3) is 0 Å². The molecule has 0 saturated heterocycles. The fourth-order valence-electron chi connectivity index (χ4n) is 2.41. The van der Waals surface area contributed by atoms with E-state index in [1.54, 1.807) is 0 Å². The quantitative estimate of drug-likeness (QED) is 0.748. The highest BCUT2D eigenvalue weighted by molar-refractivity contribution is 7.80. The van der Waals surface area contributed by atoms with Gasteiger partial charge < -0.3 is 14.9 Å². The third kappa shape index (κ3) is 2.32. The predicted molar refractivity (Wildman–Crippen MR) is 84.7 cm³/mol. The Bertz CT molecular complexity index is 769. The summed E-state index contributed by atoms with van der Waals surface area (Å²) >= 11 is 5.01. The van der Waals surface area contributed by atoms with E-state index in [0.29, 0.717) is 4.99 Å². The molecule has 3 aromatic rings. The normalized spacial score (nSPS) is 11.1. The number of imidazole rings is 1. The van der Waals surface area contributed by atoms with Crippen LogP contribution in [0.25, 0.3) is 10.9 Å². The summed E-state index contributed by atoms with van der Waals surface area (Å²) in [6.07, 6.45) is 6.80. The van der Waals surface area contributed by atoms with Gasteiger partial charge in [-0.1, -0.05) is 12.2 Å². The van der Waals surface area contributed by atoms with Crippen LogP contribution in [0.3, 0.4) is 0 Å². The summed E-state index contributed by atoms with van der Waals surface area (Å²) in [7, 11) is 2.02. The van der Waals surface area contributed by atoms with Crippen LogP contribution >= 0.6 is 12.2 Å². The molecule has 0 saturated carbocycles. The summed E-state index contributed by atoms with van der Waals surface area (Å²) in [6, 6.07) is 8.18. The fraction of sp³-hybridized carbons (Fsp3) is 0.200. The van der Waals surface area contributed by atoms with E-state index >= 15 is 0 Å². The first-order valence-corrected chi connectivity index (χ1v) is 6.91. The Hall–Kier alpha value is -2.14. The third-order valence-electron chi connectivity index (χ3n) is 3.55. The van der Waals surface area contributed by atoms with Gasteiger partial charge in [-0.2, -0.15) is 0 Å². The molecule has 0 amide bonds. The van der Waals surface area contributed by atoms with Gasteiger partial charge in [0.1, 0.15) is 10.8 Å². The molecule has 1 aromatic carbocycles. The second-order valence-corrected chi connectivity index (χ2v) is 5.29. The molecule has 0 aliphatic heterocycles. The summed E-state index contributed by atoms with van der Waals surface area (Å²) in [5, 5.41) is 1.16. The molecule has 20 heavy (non-hydrogen) atoms. The van der Waals surface area contributed by atoms with Crippen molar-refractivity contribution >= 4 is 28.1 Å². The van der Waals surface area contributed by atoms with Crippen molar-refractivity contribution in [3.63, 3.8) is 0 Å². The maximum atomic E-state index is 5.66. The second kappa shape index (κ2) is 5.09. The minimum atomic E-state index is 0.438. The largest absolute Gasteiger partial charge is 0.389 e. The zero-order chi connectivity index (χ0) is 14.1. The SMILES string of the molecule is Cn1ccnc1CCn1ccc2cc(C(N)=S)ccc21. The number of nitrogens with zero attached hydrogens (tertiary/aromatic N) is 3. The monoisotopic (exact) mass is 284 g/mol. The Morgan fingerprint density at radius 1 is 1.30 bits per heavy atom. The van der Waals surface area contributed by atoms with E-state index in [1.807, 2.05) is 31.6 Å². The highest BCUT2D eigenvalue weighted by Crippen LogP contribution is 2.18. The zero-order valence-corrected chi connectivity index (χ0v) is 12.1. The molecule has 4 nitrogen and oxygen atoms in total. The van der Waals surface area contributed by atoms with Gasteiger partial charge in [0.2, 0.25) is 0 Å². The van der Waals surface area contributed by atoms with Crippen molar-refractivity contribution in [3.8, 4) is 0 Å². The second-order valence-electron chi connectivity index (χ2n) is 4.85. The van der Waals surface area contributed by atoms with Gasteiger partial charge >= 0.3 is 0 Å². The molecular formula is C15H16N4S. The van der Waals surface area contributed by atoms with Crippen LogP contribution in [-0.4, -0.2) is 19.1 Å². The molecule has 0 atom stereocenters. The van der Waals surface area contributed by atoms with Crippen LogP contribution in [0.15, 0.2) is 42.9 Å². The third-order valence-corrected chi connectivity index (χ3v) is 3.79. The minimum absolute atomic E-state index is 0.438. The maximum absolute atomic E-state index is 5.66. The van der Waals surface area contributed by atoms with Crippen molar-refractivity contribution < 1.29 is 0 Å². The lowest BCUT2D eigenvalue weighted by Gasteiger charge is -2.06. The van der Waals surface area contributed by atoms with Crippen molar-refractivity contribution in [1.29, 1.82) is 0 Å². The van der Waals surface area contributed by atoms with Gasteiger partial charge in [-0.05, 0) is 24.3 Å². The van der Waals surface area contributed by atoms with Gasteiger partial charge in [0.15, 0.2) is 0 Å². The van der Waals surface area contributed by atoms with Gasteiger partial charge in [0.05, 0.1) is 0 Å². The zero-order valence-electron chi connectivity index (χ0n) is 11.3. The van der Waals surface area contributed by atoms with E-state index in [4.69, 9.17) is 18.0 Å². The van der Waals surface area contributed by atoms with E-state index in [0.717, 1.165) is 29.7 Å². The highest BCUT2D eigenvalue weighted by atomic mass is 32.1. The van der Waals surface area contributed by atoms with Crippen molar-refractivity contribution in [2.75, 3.05) is 0 Å². The molecule has 0 spiro atoms. The lowest BCUT2D eigenvalue weighted by atomic mass is 10.1. The van der Waals surface area contributed by atoms with Crippen LogP contribution in [0.5, 0.6) is 0 Å². The molecule has 5 heteroatoms. The molecule has 0 bridgehead atoms. The van der Waals surface area contributed by atoms with Crippen molar-refractivity contribution in [1.82, 2.24) is 14.1 Å². The van der Waals surface area contributed by atoms with Crippen molar-refractivity contribution in [3.05, 3.63) is 54.2 Å². The van der Waals surface area contributed by atoms with Crippen LogP contribution in [0.4, 0.5) is 0 Å². The number of hydrogen-bond acceptors (Lipinski definition) is 2. The number of aryl methyl sites for hydroxylation is 3. The Kier molecular flexibility index (Phi) is 3.28. The fourth-order valence-corrected chi connectivity index (χ4v) is 2.53. The smallest absolute Gasteiger partial charge is 0.110 e.